The minimum Gasteiger partial charge on any atom is -0.308 e. The lowest BCUT2D eigenvalue weighted by atomic mass is 10.1. The van der Waals surface area contributed by atoms with Gasteiger partial charge in [-0.25, -0.2) is 4.98 Å². The predicted octanol–water partition coefficient (Wildman–Crippen LogP) is 7.38. The number of carbonyl (C=O) groups excluding carboxylic acids is 1. The lowest BCUT2D eigenvalue weighted by molar-refractivity contribution is 0.104. The number of hydrogen-bond acceptors (Lipinski definition) is 4. The first-order valence-corrected chi connectivity index (χ1v) is 11.3. The van der Waals surface area contributed by atoms with Crippen LogP contribution in [-0.4, -0.2) is 10.8 Å². The normalized spacial score (nSPS) is 13.5. The number of nitrogens with zero attached hydrogens (tertiary/aromatic N) is 2. The maximum atomic E-state index is 13.2. The molecule has 0 bridgehead atoms. The lowest BCUT2D eigenvalue weighted by Gasteiger charge is -2.33. The Kier molecular flexibility index (Phi) is 3.64. The highest BCUT2D eigenvalue weighted by molar-refractivity contribution is 7.99. The number of pyridine rings is 1. The summed E-state index contributed by atoms with van der Waals surface area (Å²) in [6.45, 7) is 0. The monoisotopic (exact) mass is 428 g/mol. The fourth-order valence-corrected chi connectivity index (χ4v) is 5.75. The lowest BCUT2D eigenvalue weighted by Crippen LogP contribution is -2.14. The topological polar surface area (TPSA) is 33.2 Å². The van der Waals surface area contributed by atoms with E-state index >= 15 is 0 Å². The van der Waals surface area contributed by atoms with E-state index in [1.807, 2.05) is 42.5 Å². The van der Waals surface area contributed by atoms with Crippen LogP contribution in [0.2, 0.25) is 0 Å². The van der Waals surface area contributed by atoms with Crippen LogP contribution in [0, 0.1) is 0 Å². The van der Waals surface area contributed by atoms with Crippen LogP contribution in [-0.2, 0) is 0 Å². The summed E-state index contributed by atoms with van der Waals surface area (Å²) in [5, 5.41) is 0.989. The molecule has 1 aliphatic heterocycles. The van der Waals surface area contributed by atoms with E-state index < -0.39 is 0 Å². The van der Waals surface area contributed by atoms with E-state index in [-0.39, 0.29) is 5.78 Å². The van der Waals surface area contributed by atoms with E-state index in [0.29, 0.717) is 5.56 Å². The van der Waals surface area contributed by atoms with Crippen LogP contribution in [0.15, 0.2) is 107 Å². The molecule has 5 aromatic rings. The Morgan fingerprint density at radius 1 is 0.656 bits per heavy atom. The molecule has 1 aromatic heterocycles. The minimum absolute atomic E-state index is 0.0507. The van der Waals surface area contributed by atoms with Crippen molar-refractivity contribution in [2.75, 3.05) is 4.90 Å². The molecule has 2 heterocycles. The first kappa shape index (κ1) is 17.8. The molecule has 0 N–H and O–H groups in total. The third kappa shape index (κ3) is 2.44. The minimum atomic E-state index is 0.0507. The zero-order valence-corrected chi connectivity index (χ0v) is 17.8. The van der Waals surface area contributed by atoms with Gasteiger partial charge in [0.1, 0.15) is 0 Å². The Morgan fingerprint density at radius 2 is 1.34 bits per heavy atom. The number of anilines is 3. The number of carbonyl (C=O) groups is 1. The summed E-state index contributed by atoms with van der Waals surface area (Å²) in [4.78, 5) is 22.8. The molecule has 0 atom stereocenters. The standard InChI is InChI=1S/C28H16N2OS/c31-28-19-14-13-18(16-20(19)27-21(28)15-17-7-1-2-8-22(17)29-27)30-23-9-3-5-11-25(23)32-26-12-6-4-10-24(26)30/h1-16H. The van der Waals surface area contributed by atoms with Gasteiger partial charge < -0.3 is 4.90 Å². The Morgan fingerprint density at radius 3 is 2.12 bits per heavy atom. The van der Waals surface area contributed by atoms with E-state index in [1.165, 1.54) is 9.79 Å². The van der Waals surface area contributed by atoms with Crippen molar-refractivity contribution in [1.29, 1.82) is 0 Å². The molecule has 1 aliphatic carbocycles. The van der Waals surface area contributed by atoms with Crippen LogP contribution < -0.4 is 4.90 Å². The second-order valence-corrected chi connectivity index (χ2v) is 9.09. The highest BCUT2D eigenvalue weighted by atomic mass is 32.2. The number of hydrogen-bond donors (Lipinski definition) is 0. The van der Waals surface area contributed by atoms with Crippen LogP contribution in [0.3, 0.4) is 0 Å². The maximum Gasteiger partial charge on any atom is 0.195 e. The molecule has 7 rings (SSSR count). The summed E-state index contributed by atoms with van der Waals surface area (Å²) in [7, 11) is 0. The summed E-state index contributed by atoms with van der Waals surface area (Å²) in [5.41, 5.74) is 7.31. The largest absolute Gasteiger partial charge is 0.308 e. The van der Waals surface area contributed by atoms with Crippen molar-refractivity contribution in [3.05, 3.63) is 108 Å². The molecular formula is C28H16N2OS. The van der Waals surface area contributed by atoms with Gasteiger partial charge in [0, 0.05) is 37.6 Å². The van der Waals surface area contributed by atoms with Gasteiger partial charge in [-0.15, -0.1) is 0 Å². The summed E-state index contributed by atoms with van der Waals surface area (Å²) in [6.07, 6.45) is 0. The van der Waals surface area contributed by atoms with Gasteiger partial charge in [-0.2, -0.15) is 0 Å². The van der Waals surface area contributed by atoms with Gasteiger partial charge in [0.25, 0.3) is 0 Å². The smallest absolute Gasteiger partial charge is 0.195 e. The van der Waals surface area contributed by atoms with Crippen LogP contribution in [0.1, 0.15) is 15.9 Å². The number of benzene rings is 4. The number of rotatable bonds is 1. The Labute approximate surface area is 189 Å². The Balaban J connectivity index is 1.46. The van der Waals surface area contributed by atoms with E-state index in [1.54, 1.807) is 11.8 Å². The fourth-order valence-electron chi connectivity index (χ4n) is 4.69. The average molecular weight is 429 g/mol. The summed E-state index contributed by atoms with van der Waals surface area (Å²) >= 11 is 1.79. The molecule has 4 aromatic carbocycles. The quantitative estimate of drug-likeness (QED) is 0.273. The van der Waals surface area contributed by atoms with Gasteiger partial charge in [-0.1, -0.05) is 54.2 Å². The van der Waals surface area contributed by atoms with E-state index in [9.17, 15) is 4.79 Å². The second kappa shape index (κ2) is 6.55. The number of aromatic nitrogens is 1. The molecule has 0 spiro atoms. The van der Waals surface area contributed by atoms with Crippen molar-refractivity contribution in [3.63, 3.8) is 0 Å². The SMILES string of the molecule is O=C1c2ccc(N3c4ccccc4Sc4ccccc43)cc2-c2nc3ccccc3cc21. The summed E-state index contributed by atoms with van der Waals surface area (Å²) in [6, 6.07) is 32.9. The molecule has 0 fully saturated rings. The Hall–Kier alpha value is -3.89. The van der Waals surface area contributed by atoms with Crippen molar-refractivity contribution < 1.29 is 4.79 Å². The van der Waals surface area contributed by atoms with Gasteiger partial charge in [0.2, 0.25) is 0 Å². The molecule has 0 radical (unpaired) electrons. The maximum absolute atomic E-state index is 13.2. The first-order valence-electron chi connectivity index (χ1n) is 10.5. The fraction of sp³-hybridized carbons (Fsp3) is 0. The Bertz CT molecular complexity index is 1540. The molecule has 0 saturated heterocycles. The molecule has 0 saturated carbocycles. The van der Waals surface area contributed by atoms with Crippen molar-refractivity contribution >= 4 is 45.5 Å². The van der Waals surface area contributed by atoms with Crippen LogP contribution in [0.5, 0.6) is 0 Å². The van der Waals surface area contributed by atoms with Gasteiger partial charge in [-0.3, -0.25) is 4.79 Å². The van der Waals surface area contributed by atoms with Crippen LogP contribution >= 0.6 is 11.8 Å². The van der Waals surface area contributed by atoms with Crippen molar-refractivity contribution in [3.8, 4) is 11.3 Å². The summed E-state index contributed by atoms with van der Waals surface area (Å²) in [5.74, 6) is 0.0507. The van der Waals surface area contributed by atoms with E-state index in [2.05, 4.69) is 59.5 Å². The highest BCUT2D eigenvalue weighted by Crippen LogP contribution is 2.52. The van der Waals surface area contributed by atoms with Crippen LogP contribution in [0.4, 0.5) is 17.1 Å². The van der Waals surface area contributed by atoms with Crippen molar-refractivity contribution in [2.45, 2.75) is 9.79 Å². The van der Waals surface area contributed by atoms with Gasteiger partial charge >= 0.3 is 0 Å². The molecule has 150 valence electrons. The molecule has 32 heavy (non-hydrogen) atoms. The van der Waals surface area contributed by atoms with Crippen LogP contribution in [0.25, 0.3) is 22.2 Å². The van der Waals surface area contributed by atoms with Crippen molar-refractivity contribution in [2.24, 2.45) is 0 Å². The van der Waals surface area contributed by atoms with E-state index in [4.69, 9.17) is 4.98 Å². The predicted molar refractivity (Wildman–Crippen MR) is 129 cm³/mol. The third-order valence-electron chi connectivity index (χ3n) is 6.16. The molecule has 4 heteroatoms. The number of ketones is 1. The summed E-state index contributed by atoms with van der Waals surface area (Å²) < 4.78 is 0. The number of fused-ring (bicyclic) bond motifs is 6. The molecule has 2 aliphatic rings. The molecule has 0 amide bonds. The first-order chi connectivity index (χ1) is 15.8. The number of para-hydroxylation sites is 3. The van der Waals surface area contributed by atoms with Gasteiger partial charge in [0.15, 0.2) is 5.78 Å². The second-order valence-electron chi connectivity index (χ2n) is 8.01. The zero-order valence-electron chi connectivity index (χ0n) is 16.9. The average Bonchev–Trinajstić information content (AvgIpc) is 3.11. The van der Waals surface area contributed by atoms with Gasteiger partial charge in [0.05, 0.1) is 22.6 Å². The zero-order chi connectivity index (χ0) is 21.2. The molecular weight excluding hydrogens is 412 g/mol. The third-order valence-corrected chi connectivity index (χ3v) is 7.29. The molecule has 0 unspecified atom stereocenters. The molecule has 3 nitrogen and oxygen atoms in total. The van der Waals surface area contributed by atoms with Crippen molar-refractivity contribution in [1.82, 2.24) is 4.98 Å². The highest BCUT2D eigenvalue weighted by Gasteiger charge is 2.31. The van der Waals surface area contributed by atoms with Gasteiger partial charge in [-0.05, 0) is 54.6 Å². The van der Waals surface area contributed by atoms with E-state index in [0.717, 1.165) is 44.8 Å².